The number of alkyl halides is 6. The van der Waals surface area contributed by atoms with E-state index in [1.807, 2.05) is 4.90 Å². The molecule has 0 aliphatic carbocycles. The van der Waals surface area contributed by atoms with E-state index < -0.39 is 25.0 Å². The van der Waals surface area contributed by atoms with E-state index in [0.717, 1.165) is 0 Å². The summed E-state index contributed by atoms with van der Waals surface area (Å²) in [6.07, 6.45) is -10.3. The lowest BCUT2D eigenvalue weighted by Crippen LogP contribution is -2.44. The van der Waals surface area contributed by atoms with Crippen molar-refractivity contribution in [3.05, 3.63) is 89.5 Å². The standard InChI is InChI=1S/C27H25F6N3O2/c1-34-25(37)20-8-5-7-19(15-20)24-17-35(16-18-6-4-9-21(14-18)38-27(31,32)33)22-10-2-3-11-23(22)36(24)13-12-26(28,29)30/h2-11,14-15,24H,12-13,16-17H2,1H3,(H,34,37). The summed E-state index contributed by atoms with van der Waals surface area (Å²) in [6.45, 7) is 0.110. The lowest BCUT2D eigenvalue weighted by atomic mass is 9.97. The Balaban J connectivity index is 1.73. The van der Waals surface area contributed by atoms with Gasteiger partial charge in [0.25, 0.3) is 5.91 Å². The summed E-state index contributed by atoms with van der Waals surface area (Å²) in [4.78, 5) is 15.8. The number of para-hydroxylation sites is 2. The van der Waals surface area contributed by atoms with Crippen LogP contribution in [0.15, 0.2) is 72.8 Å². The number of nitrogens with one attached hydrogen (secondary N) is 1. The summed E-state index contributed by atoms with van der Waals surface area (Å²) in [7, 11) is 1.49. The number of nitrogens with zero attached hydrogens (tertiary/aromatic N) is 2. The molecule has 5 nitrogen and oxygen atoms in total. The van der Waals surface area contributed by atoms with Crippen molar-refractivity contribution >= 4 is 17.3 Å². The van der Waals surface area contributed by atoms with E-state index in [1.54, 1.807) is 59.5 Å². The van der Waals surface area contributed by atoms with Gasteiger partial charge in [0.15, 0.2) is 0 Å². The second kappa shape index (κ2) is 10.8. The van der Waals surface area contributed by atoms with Crippen LogP contribution in [0.25, 0.3) is 0 Å². The van der Waals surface area contributed by atoms with Crippen LogP contribution in [0.3, 0.4) is 0 Å². The van der Waals surface area contributed by atoms with E-state index in [-0.39, 0.29) is 31.3 Å². The molecular weight excluding hydrogens is 512 g/mol. The van der Waals surface area contributed by atoms with Crippen molar-refractivity contribution in [3.8, 4) is 5.75 Å². The summed E-state index contributed by atoms with van der Waals surface area (Å²) in [5.41, 5.74) is 2.74. The fourth-order valence-electron chi connectivity index (χ4n) is 4.60. The fraction of sp³-hybridized carbons (Fsp3) is 0.296. The predicted octanol–water partition coefficient (Wildman–Crippen LogP) is 6.47. The zero-order chi connectivity index (χ0) is 27.5. The highest BCUT2D eigenvalue weighted by Gasteiger charge is 2.36. The van der Waals surface area contributed by atoms with Crippen molar-refractivity contribution in [3.63, 3.8) is 0 Å². The number of amides is 1. The van der Waals surface area contributed by atoms with Crippen LogP contribution < -0.4 is 19.9 Å². The van der Waals surface area contributed by atoms with Crippen LogP contribution in [0.4, 0.5) is 37.7 Å². The van der Waals surface area contributed by atoms with Gasteiger partial charge < -0.3 is 19.9 Å². The maximum absolute atomic E-state index is 13.3. The number of rotatable bonds is 7. The molecule has 1 atom stereocenters. The van der Waals surface area contributed by atoms with Crippen molar-refractivity contribution in [2.75, 3.05) is 29.9 Å². The number of fused-ring (bicyclic) bond motifs is 1. The summed E-state index contributed by atoms with van der Waals surface area (Å²) >= 11 is 0. The van der Waals surface area contributed by atoms with E-state index in [1.165, 1.54) is 25.2 Å². The van der Waals surface area contributed by atoms with Gasteiger partial charge in [-0.05, 0) is 47.5 Å². The van der Waals surface area contributed by atoms with Crippen molar-refractivity contribution in [2.45, 2.75) is 31.5 Å². The quantitative estimate of drug-likeness (QED) is 0.351. The molecule has 0 aromatic heterocycles. The Morgan fingerprint density at radius 2 is 1.66 bits per heavy atom. The lowest BCUT2D eigenvalue weighted by molar-refractivity contribution is -0.274. The van der Waals surface area contributed by atoms with Crippen LogP contribution in [0.2, 0.25) is 0 Å². The lowest BCUT2D eigenvalue weighted by Gasteiger charge is -2.45. The molecule has 1 amide bonds. The Hall–Kier alpha value is -3.89. The summed E-state index contributed by atoms with van der Waals surface area (Å²) in [6, 6.07) is 18.7. The molecule has 3 aromatic rings. The topological polar surface area (TPSA) is 44.8 Å². The Bertz CT molecular complexity index is 1280. The first-order chi connectivity index (χ1) is 17.9. The molecule has 0 spiro atoms. The number of halogens is 6. The number of carbonyl (C=O) groups excluding carboxylic acids is 1. The van der Waals surface area contributed by atoms with E-state index in [0.29, 0.717) is 28.1 Å². The minimum absolute atomic E-state index is 0.185. The Morgan fingerprint density at radius 1 is 0.947 bits per heavy atom. The van der Waals surface area contributed by atoms with Gasteiger partial charge in [0, 0.05) is 32.2 Å². The highest BCUT2D eigenvalue weighted by atomic mass is 19.4. The molecule has 1 heterocycles. The second-order valence-corrected chi connectivity index (χ2v) is 8.84. The highest BCUT2D eigenvalue weighted by molar-refractivity contribution is 5.94. The first-order valence-corrected chi connectivity index (χ1v) is 11.8. The second-order valence-electron chi connectivity index (χ2n) is 8.84. The SMILES string of the molecule is CNC(=O)c1cccc(C2CN(Cc3cccc(OC(F)(F)F)c3)c3ccccc3N2CCC(F)(F)F)c1. The van der Waals surface area contributed by atoms with Crippen molar-refractivity contribution in [2.24, 2.45) is 0 Å². The van der Waals surface area contributed by atoms with Gasteiger partial charge in [0.05, 0.1) is 23.8 Å². The van der Waals surface area contributed by atoms with E-state index in [2.05, 4.69) is 10.1 Å². The Kier molecular flexibility index (Phi) is 7.75. The number of benzene rings is 3. The van der Waals surface area contributed by atoms with Gasteiger partial charge >= 0.3 is 12.5 Å². The summed E-state index contributed by atoms with van der Waals surface area (Å²) < 4.78 is 82.1. The third-order valence-corrected chi connectivity index (χ3v) is 6.20. The molecule has 3 aromatic carbocycles. The maximum Gasteiger partial charge on any atom is 0.573 e. The van der Waals surface area contributed by atoms with Gasteiger partial charge in [-0.2, -0.15) is 13.2 Å². The molecule has 4 rings (SSSR count). The average molecular weight is 538 g/mol. The van der Waals surface area contributed by atoms with Gasteiger partial charge in [0.2, 0.25) is 0 Å². The molecule has 38 heavy (non-hydrogen) atoms. The molecular formula is C27H25F6N3O2. The van der Waals surface area contributed by atoms with Gasteiger partial charge in [-0.3, -0.25) is 4.79 Å². The van der Waals surface area contributed by atoms with Crippen LogP contribution in [-0.2, 0) is 6.54 Å². The zero-order valence-corrected chi connectivity index (χ0v) is 20.3. The minimum Gasteiger partial charge on any atom is -0.406 e. The van der Waals surface area contributed by atoms with Crippen LogP contribution >= 0.6 is 0 Å². The molecule has 11 heteroatoms. The first-order valence-electron chi connectivity index (χ1n) is 11.8. The highest BCUT2D eigenvalue weighted by Crippen LogP contribution is 2.42. The van der Waals surface area contributed by atoms with E-state index >= 15 is 0 Å². The van der Waals surface area contributed by atoms with Gasteiger partial charge in [-0.1, -0.05) is 36.4 Å². The van der Waals surface area contributed by atoms with E-state index in [9.17, 15) is 31.1 Å². The van der Waals surface area contributed by atoms with Crippen molar-refractivity contribution in [1.29, 1.82) is 0 Å². The molecule has 0 radical (unpaired) electrons. The number of anilines is 2. The van der Waals surface area contributed by atoms with Crippen molar-refractivity contribution in [1.82, 2.24) is 5.32 Å². The molecule has 0 saturated carbocycles. The molecule has 1 aliphatic rings. The number of hydrogen-bond acceptors (Lipinski definition) is 4. The molecule has 0 saturated heterocycles. The Labute approximate surface area is 215 Å². The molecule has 202 valence electrons. The largest absolute Gasteiger partial charge is 0.573 e. The number of hydrogen-bond donors (Lipinski definition) is 1. The summed E-state index contributed by atoms with van der Waals surface area (Å²) in [5.74, 6) is -0.690. The molecule has 0 bridgehead atoms. The molecule has 1 aliphatic heterocycles. The van der Waals surface area contributed by atoms with Crippen LogP contribution in [0.1, 0.15) is 33.9 Å². The normalized spacial score (nSPS) is 15.7. The van der Waals surface area contributed by atoms with Crippen molar-refractivity contribution < 1.29 is 35.9 Å². The number of carbonyl (C=O) groups is 1. The van der Waals surface area contributed by atoms with Gasteiger partial charge in [-0.15, -0.1) is 13.2 Å². The third-order valence-electron chi connectivity index (χ3n) is 6.20. The van der Waals surface area contributed by atoms with Gasteiger partial charge in [0.1, 0.15) is 5.75 Å². The molecule has 1 unspecified atom stereocenters. The minimum atomic E-state index is -4.84. The fourth-order valence-corrected chi connectivity index (χ4v) is 4.60. The van der Waals surface area contributed by atoms with Crippen LogP contribution in [0, 0.1) is 0 Å². The third kappa shape index (κ3) is 6.70. The van der Waals surface area contributed by atoms with Crippen LogP contribution in [0.5, 0.6) is 5.75 Å². The monoisotopic (exact) mass is 537 g/mol. The predicted molar refractivity (Wildman–Crippen MR) is 131 cm³/mol. The maximum atomic E-state index is 13.3. The molecule has 0 fully saturated rings. The van der Waals surface area contributed by atoms with Gasteiger partial charge in [-0.25, -0.2) is 0 Å². The molecule has 1 N–H and O–H groups in total. The Morgan fingerprint density at radius 3 is 2.34 bits per heavy atom. The zero-order valence-electron chi connectivity index (χ0n) is 20.3. The smallest absolute Gasteiger partial charge is 0.406 e. The number of ether oxygens (including phenoxy) is 1. The first kappa shape index (κ1) is 27.2. The average Bonchev–Trinajstić information content (AvgIpc) is 2.86. The van der Waals surface area contributed by atoms with Crippen LogP contribution in [-0.4, -0.2) is 38.6 Å². The summed E-state index contributed by atoms with van der Waals surface area (Å²) in [5, 5.41) is 2.54. The van der Waals surface area contributed by atoms with E-state index in [4.69, 9.17) is 0 Å².